The number of thioether (sulfide) groups is 2. The van der Waals surface area contributed by atoms with Crippen LogP contribution < -0.4 is 10.6 Å². The van der Waals surface area contributed by atoms with Crippen molar-refractivity contribution in [1.82, 2.24) is 10.6 Å². The van der Waals surface area contributed by atoms with Crippen molar-refractivity contribution in [3.63, 3.8) is 0 Å². The van der Waals surface area contributed by atoms with Gasteiger partial charge >= 0.3 is 0 Å². The molecule has 186 valence electrons. The molecule has 1 rings (SSSR count). The quantitative estimate of drug-likeness (QED) is 0.470. The Hall–Kier alpha value is -1.02. The van der Waals surface area contributed by atoms with Crippen LogP contribution in [0.4, 0.5) is 0 Å². The van der Waals surface area contributed by atoms with Gasteiger partial charge in [-0.3, -0.25) is 14.4 Å². The summed E-state index contributed by atoms with van der Waals surface area (Å²) in [6, 6.07) is -1.10. The van der Waals surface area contributed by atoms with Gasteiger partial charge in [0.25, 0.3) is 0 Å². The van der Waals surface area contributed by atoms with Crippen LogP contribution in [-0.2, 0) is 19.2 Å². The van der Waals surface area contributed by atoms with E-state index in [-0.39, 0.29) is 38.9 Å². The van der Waals surface area contributed by atoms with E-state index < -0.39 is 12.1 Å². The summed E-state index contributed by atoms with van der Waals surface area (Å²) >= 11 is 2.64. The second-order valence-electron chi connectivity index (χ2n) is 11.1. The predicted molar refractivity (Wildman–Crippen MR) is 137 cm³/mol. The summed E-state index contributed by atoms with van der Waals surface area (Å²) in [6.45, 7) is 19.1. The molecule has 0 bridgehead atoms. The number of rotatable bonds is 9. The fraction of sp³-hybridized carbons (Fsp3) is 0.833. The van der Waals surface area contributed by atoms with Crippen molar-refractivity contribution in [2.75, 3.05) is 17.8 Å². The molecule has 2 amide bonds. The first kappa shape index (κ1) is 31.0. The average Bonchev–Trinajstić information content (AvgIpc) is 2.62. The highest BCUT2D eigenvalue weighted by Gasteiger charge is 2.34. The van der Waals surface area contributed by atoms with Crippen molar-refractivity contribution >= 4 is 46.7 Å². The first-order valence-corrected chi connectivity index (χ1v) is 13.6. The summed E-state index contributed by atoms with van der Waals surface area (Å²) in [7, 11) is 0. The number of hydrogen-bond donors (Lipinski definition) is 2. The van der Waals surface area contributed by atoms with Crippen LogP contribution in [0.2, 0.25) is 0 Å². The summed E-state index contributed by atoms with van der Waals surface area (Å²) in [5.74, 6) is 0.869. The molecule has 0 aromatic carbocycles. The zero-order valence-electron chi connectivity index (χ0n) is 21.6. The summed E-state index contributed by atoms with van der Waals surface area (Å²) in [5, 5.41) is 5.48. The molecule has 0 aromatic heterocycles. The maximum absolute atomic E-state index is 12.1. The number of carbonyl (C=O) groups is 4. The van der Waals surface area contributed by atoms with E-state index in [0.717, 1.165) is 18.0 Å². The van der Waals surface area contributed by atoms with Gasteiger partial charge < -0.3 is 15.4 Å². The van der Waals surface area contributed by atoms with E-state index in [2.05, 4.69) is 72.9 Å². The Kier molecular flexibility index (Phi) is 12.6. The van der Waals surface area contributed by atoms with Crippen LogP contribution >= 0.6 is 23.5 Å². The molecule has 1 aliphatic rings. The molecule has 0 saturated carbocycles. The number of amides is 2. The van der Waals surface area contributed by atoms with Gasteiger partial charge in [-0.2, -0.15) is 11.8 Å². The minimum atomic E-state index is -0.623. The molecule has 2 N–H and O–H groups in total. The molecule has 0 radical (unpaired) electrons. The smallest absolute Gasteiger partial charge is 0.244 e. The SMILES string of the molecule is CC(C)(C)C(C)(C)CC=O.CSCC1NC(=O)C(CSC(=O)CC(C)(C)C(C)C)NC1=O. The first-order valence-electron chi connectivity index (χ1n) is 11.2. The van der Waals surface area contributed by atoms with Crippen LogP contribution in [0.25, 0.3) is 0 Å². The lowest BCUT2D eigenvalue weighted by Gasteiger charge is -2.37. The molecule has 2 atom stereocenters. The Balaban J connectivity index is 0.000000809. The largest absolute Gasteiger partial charge is 0.342 e. The number of aldehydes is 1. The first-order chi connectivity index (χ1) is 14.5. The van der Waals surface area contributed by atoms with E-state index >= 15 is 0 Å². The van der Waals surface area contributed by atoms with Crippen LogP contribution in [0.3, 0.4) is 0 Å². The zero-order chi connectivity index (χ0) is 25.3. The maximum Gasteiger partial charge on any atom is 0.244 e. The molecular formula is C24H44N2O4S2. The fourth-order valence-electron chi connectivity index (χ4n) is 2.40. The third-order valence-corrected chi connectivity index (χ3v) is 8.43. The summed E-state index contributed by atoms with van der Waals surface area (Å²) in [6.07, 6.45) is 4.00. The lowest BCUT2D eigenvalue weighted by molar-refractivity contribution is -0.135. The van der Waals surface area contributed by atoms with Gasteiger partial charge in [0.05, 0.1) is 0 Å². The van der Waals surface area contributed by atoms with Gasteiger partial charge in [-0.1, -0.05) is 74.1 Å². The molecule has 2 unspecified atom stereocenters. The van der Waals surface area contributed by atoms with Crippen LogP contribution in [0.1, 0.15) is 75.2 Å². The van der Waals surface area contributed by atoms with Crippen molar-refractivity contribution in [2.24, 2.45) is 22.2 Å². The Labute approximate surface area is 203 Å². The highest BCUT2D eigenvalue weighted by molar-refractivity contribution is 8.13. The van der Waals surface area contributed by atoms with Crippen molar-refractivity contribution in [3.05, 3.63) is 0 Å². The Morgan fingerprint density at radius 1 is 0.969 bits per heavy atom. The molecule has 1 fully saturated rings. The summed E-state index contributed by atoms with van der Waals surface area (Å²) in [4.78, 5) is 46.2. The third kappa shape index (κ3) is 10.3. The average molecular weight is 489 g/mol. The number of nitrogens with one attached hydrogen (secondary N) is 2. The van der Waals surface area contributed by atoms with E-state index in [4.69, 9.17) is 0 Å². The second kappa shape index (κ2) is 13.0. The zero-order valence-corrected chi connectivity index (χ0v) is 23.2. The second-order valence-corrected chi connectivity index (χ2v) is 13.1. The fourth-order valence-corrected chi connectivity index (χ4v) is 4.02. The topological polar surface area (TPSA) is 92.3 Å². The minimum absolute atomic E-state index is 0.0620. The van der Waals surface area contributed by atoms with Crippen molar-refractivity contribution in [2.45, 2.75) is 87.2 Å². The molecule has 6 nitrogen and oxygen atoms in total. The van der Waals surface area contributed by atoms with E-state index in [1.54, 1.807) is 0 Å². The normalized spacial score (nSPS) is 19.6. The van der Waals surface area contributed by atoms with Crippen LogP contribution in [0.5, 0.6) is 0 Å². The lowest BCUT2D eigenvalue weighted by Crippen LogP contribution is -2.63. The van der Waals surface area contributed by atoms with E-state index in [1.165, 1.54) is 11.8 Å². The molecule has 0 aliphatic carbocycles. The molecule has 1 heterocycles. The lowest BCUT2D eigenvalue weighted by atomic mass is 9.68. The third-order valence-electron chi connectivity index (χ3n) is 6.80. The van der Waals surface area contributed by atoms with Crippen LogP contribution in [0.15, 0.2) is 0 Å². The molecule has 1 aliphatic heterocycles. The van der Waals surface area contributed by atoms with Gasteiger partial charge in [0.15, 0.2) is 5.12 Å². The van der Waals surface area contributed by atoms with Gasteiger partial charge in [-0.05, 0) is 28.4 Å². The molecular weight excluding hydrogens is 444 g/mol. The van der Waals surface area contributed by atoms with Crippen molar-refractivity contribution < 1.29 is 19.2 Å². The number of carbonyl (C=O) groups excluding carboxylic acids is 4. The molecule has 0 aromatic rings. The van der Waals surface area contributed by atoms with Crippen LogP contribution in [0, 0.1) is 22.2 Å². The molecule has 8 heteroatoms. The van der Waals surface area contributed by atoms with Gasteiger partial charge in [0.1, 0.15) is 18.4 Å². The van der Waals surface area contributed by atoms with E-state index in [0.29, 0.717) is 24.5 Å². The monoisotopic (exact) mass is 488 g/mol. The van der Waals surface area contributed by atoms with Crippen molar-refractivity contribution in [3.8, 4) is 0 Å². The molecule has 32 heavy (non-hydrogen) atoms. The summed E-state index contributed by atoms with van der Waals surface area (Å²) in [5.41, 5.74) is 0.272. The van der Waals surface area contributed by atoms with E-state index in [9.17, 15) is 19.2 Å². The Morgan fingerprint density at radius 2 is 1.44 bits per heavy atom. The molecule has 1 saturated heterocycles. The molecule has 0 spiro atoms. The van der Waals surface area contributed by atoms with E-state index in [1.807, 2.05) is 6.26 Å². The van der Waals surface area contributed by atoms with Gasteiger partial charge in [-0.15, -0.1) is 0 Å². The highest BCUT2D eigenvalue weighted by atomic mass is 32.2. The van der Waals surface area contributed by atoms with Gasteiger partial charge in [0.2, 0.25) is 11.8 Å². The highest BCUT2D eigenvalue weighted by Crippen LogP contribution is 2.39. The van der Waals surface area contributed by atoms with Crippen molar-refractivity contribution in [1.29, 1.82) is 0 Å². The Bertz CT molecular complexity index is 655. The maximum atomic E-state index is 12.1. The number of hydrogen-bond acceptors (Lipinski definition) is 6. The Morgan fingerprint density at radius 3 is 1.78 bits per heavy atom. The minimum Gasteiger partial charge on any atom is -0.342 e. The standard InChI is InChI=1S/C15H26N2O3S2.C9H18O/c1-9(2)15(3,4)6-12(18)22-8-11-14(20)16-10(7-21-5)13(19)17-11;1-8(2,3)9(4,5)6-7-10/h9-11H,6-8H2,1-5H3,(H,16,20)(H,17,19);7H,6H2,1-5H3. The van der Waals surface area contributed by atoms with Crippen LogP contribution in [-0.4, -0.2) is 53.1 Å². The van der Waals surface area contributed by atoms with Gasteiger partial charge in [-0.25, -0.2) is 0 Å². The van der Waals surface area contributed by atoms with Gasteiger partial charge in [0, 0.05) is 24.3 Å². The predicted octanol–water partition coefficient (Wildman–Crippen LogP) is 4.31. The number of piperazine rings is 1. The summed E-state index contributed by atoms with van der Waals surface area (Å²) < 4.78 is 0.